The number of nitro groups is 1. The van der Waals surface area contributed by atoms with Crippen molar-refractivity contribution in [3.63, 3.8) is 0 Å². The zero-order chi connectivity index (χ0) is 21.1. The number of halogens is 1. The molecule has 2 aromatic carbocycles. The van der Waals surface area contributed by atoms with Crippen LogP contribution in [0.15, 0.2) is 67.0 Å². The Morgan fingerprint density at radius 3 is 2.83 bits per heavy atom. The number of rotatable bonds is 5. The molecule has 1 aliphatic heterocycles. The van der Waals surface area contributed by atoms with E-state index in [4.69, 9.17) is 4.74 Å². The van der Waals surface area contributed by atoms with Crippen molar-refractivity contribution in [3.05, 3.63) is 94.1 Å². The lowest BCUT2D eigenvalue weighted by Gasteiger charge is -2.14. The molecule has 8 heteroatoms. The molecule has 30 heavy (non-hydrogen) atoms. The number of carbonyl (C=O) groups is 1. The maximum absolute atomic E-state index is 14.3. The highest BCUT2D eigenvalue weighted by molar-refractivity contribution is 6.05. The number of pyridine rings is 1. The monoisotopic (exact) mass is 405 g/mol. The van der Waals surface area contributed by atoms with Crippen LogP contribution in [0, 0.1) is 15.9 Å². The van der Waals surface area contributed by atoms with Crippen molar-refractivity contribution in [3.8, 4) is 11.5 Å². The number of nitrogens with zero attached hydrogens (tertiary/aromatic N) is 3. The molecule has 0 spiro atoms. The third kappa shape index (κ3) is 4.02. The summed E-state index contributed by atoms with van der Waals surface area (Å²) in [7, 11) is 0. The van der Waals surface area contributed by atoms with Crippen LogP contribution in [-0.4, -0.2) is 22.4 Å². The number of hydrogen-bond donors (Lipinski definition) is 0. The standard InChI is InChI=1S/C22H16FN3O4/c23-19-12-15(3-7-21(19)30-18-2-1-10-24-14-18)4-8-22(27)25-11-9-16-5-6-17(26(28)29)13-20(16)25/h1-8,10,12-14H,9,11H2/b8-4+. The fourth-order valence-corrected chi connectivity index (χ4v) is 3.21. The van der Waals surface area contributed by atoms with E-state index in [0.29, 0.717) is 30.0 Å². The molecule has 0 saturated carbocycles. The first-order valence-electron chi connectivity index (χ1n) is 9.15. The Labute approximate surface area is 171 Å². The van der Waals surface area contributed by atoms with Gasteiger partial charge in [0.2, 0.25) is 0 Å². The van der Waals surface area contributed by atoms with Gasteiger partial charge in [0.15, 0.2) is 11.6 Å². The van der Waals surface area contributed by atoms with Gasteiger partial charge in [0.05, 0.1) is 16.8 Å². The van der Waals surface area contributed by atoms with Gasteiger partial charge in [-0.25, -0.2) is 4.39 Å². The number of fused-ring (bicyclic) bond motifs is 1. The minimum atomic E-state index is -0.574. The van der Waals surface area contributed by atoms with Crippen LogP contribution in [-0.2, 0) is 11.2 Å². The van der Waals surface area contributed by atoms with Crippen LogP contribution >= 0.6 is 0 Å². The second-order valence-corrected chi connectivity index (χ2v) is 6.62. The van der Waals surface area contributed by atoms with E-state index in [-0.39, 0.29) is 17.3 Å². The number of nitro benzene ring substituents is 1. The quantitative estimate of drug-likeness (QED) is 0.354. The summed E-state index contributed by atoms with van der Waals surface area (Å²) >= 11 is 0. The highest BCUT2D eigenvalue weighted by atomic mass is 19.1. The van der Waals surface area contributed by atoms with Crippen molar-refractivity contribution in [2.45, 2.75) is 6.42 Å². The lowest BCUT2D eigenvalue weighted by atomic mass is 10.1. The molecule has 0 unspecified atom stereocenters. The molecule has 0 N–H and O–H groups in total. The summed E-state index contributed by atoms with van der Waals surface area (Å²) in [5, 5.41) is 11.0. The first-order chi connectivity index (χ1) is 14.5. The van der Waals surface area contributed by atoms with Gasteiger partial charge >= 0.3 is 0 Å². The number of aromatic nitrogens is 1. The smallest absolute Gasteiger partial charge is 0.271 e. The molecular formula is C22H16FN3O4. The number of amides is 1. The van der Waals surface area contributed by atoms with E-state index < -0.39 is 10.7 Å². The van der Waals surface area contributed by atoms with E-state index >= 15 is 0 Å². The molecule has 1 aromatic heterocycles. The van der Waals surface area contributed by atoms with Gasteiger partial charge in [0.1, 0.15) is 5.75 Å². The lowest BCUT2D eigenvalue weighted by Crippen LogP contribution is -2.26. The van der Waals surface area contributed by atoms with Crippen LogP contribution in [0.25, 0.3) is 6.08 Å². The van der Waals surface area contributed by atoms with E-state index in [1.807, 2.05) is 0 Å². The van der Waals surface area contributed by atoms with Crippen molar-refractivity contribution in [2.75, 3.05) is 11.4 Å². The summed E-state index contributed by atoms with van der Waals surface area (Å²) in [6.45, 7) is 0.436. The fourth-order valence-electron chi connectivity index (χ4n) is 3.21. The summed E-state index contributed by atoms with van der Waals surface area (Å²) in [5.74, 6) is -0.440. The number of anilines is 1. The number of carbonyl (C=O) groups excluding carboxylic acids is 1. The Balaban J connectivity index is 1.48. The van der Waals surface area contributed by atoms with Crippen molar-refractivity contribution in [2.24, 2.45) is 0 Å². The first-order valence-corrected chi connectivity index (χ1v) is 9.15. The number of ether oxygens (including phenoxy) is 1. The Hall–Kier alpha value is -4.07. The second kappa shape index (κ2) is 8.12. The third-order valence-corrected chi connectivity index (χ3v) is 4.68. The summed E-state index contributed by atoms with van der Waals surface area (Å²) in [6.07, 6.45) is 6.51. The molecule has 1 aliphatic rings. The molecule has 1 amide bonds. The van der Waals surface area contributed by atoms with E-state index in [0.717, 1.165) is 5.56 Å². The molecule has 0 aliphatic carbocycles. The molecule has 0 bridgehead atoms. The molecule has 150 valence electrons. The molecule has 0 fully saturated rings. The van der Waals surface area contributed by atoms with Gasteiger partial charge in [-0.15, -0.1) is 0 Å². The topological polar surface area (TPSA) is 85.6 Å². The van der Waals surface area contributed by atoms with Crippen LogP contribution in [0.1, 0.15) is 11.1 Å². The Morgan fingerprint density at radius 1 is 1.23 bits per heavy atom. The highest BCUT2D eigenvalue weighted by Gasteiger charge is 2.25. The van der Waals surface area contributed by atoms with Crippen LogP contribution < -0.4 is 9.64 Å². The molecule has 4 rings (SSSR count). The van der Waals surface area contributed by atoms with Gasteiger partial charge in [0.25, 0.3) is 11.6 Å². The van der Waals surface area contributed by atoms with Gasteiger partial charge in [-0.05, 0) is 47.9 Å². The molecule has 0 atom stereocenters. The Bertz CT molecular complexity index is 1150. The summed E-state index contributed by atoms with van der Waals surface area (Å²) < 4.78 is 19.8. The molecular weight excluding hydrogens is 389 g/mol. The average molecular weight is 405 g/mol. The third-order valence-electron chi connectivity index (χ3n) is 4.68. The Morgan fingerprint density at radius 2 is 2.10 bits per heavy atom. The minimum absolute atomic E-state index is 0.0484. The van der Waals surface area contributed by atoms with E-state index in [9.17, 15) is 19.3 Å². The van der Waals surface area contributed by atoms with Gasteiger partial charge in [-0.1, -0.05) is 12.1 Å². The van der Waals surface area contributed by atoms with Gasteiger partial charge in [-0.3, -0.25) is 19.9 Å². The maximum atomic E-state index is 14.3. The number of hydrogen-bond acceptors (Lipinski definition) is 5. The summed E-state index contributed by atoms with van der Waals surface area (Å²) in [4.78, 5) is 28.5. The Kier molecular flexibility index (Phi) is 5.21. The predicted octanol–water partition coefficient (Wildman–Crippen LogP) is 4.52. The SMILES string of the molecule is O=C(/C=C/c1ccc(Oc2cccnc2)c(F)c1)N1CCc2ccc([N+](=O)[O-])cc21. The van der Waals surface area contributed by atoms with Crippen molar-refractivity contribution in [1.82, 2.24) is 4.98 Å². The van der Waals surface area contributed by atoms with Gasteiger partial charge < -0.3 is 9.64 Å². The number of non-ortho nitro benzene ring substituents is 1. The predicted molar refractivity (Wildman–Crippen MR) is 109 cm³/mol. The number of benzene rings is 2. The summed E-state index contributed by atoms with van der Waals surface area (Å²) in [6, 6.07) is 12.2. The van der Waals surface area contributed by atoms with Crippen molar-refractivity contribution >= 4 is 23.4 Å². The largest absolute Gasteiger partial charge is 0.453 e. The normalized spacial score (nSPS) is 12.8. The first kappa shape index (κ1) is 19.3. The minimum Gasteiger partial charge on any atom is -0.453 e. The second-order valence-electron chi connectivity index (χ2n) is 6.62. The van der Waals surface area contributed by atoms with Gasteiger partial charge in [-0.2, -0.15) is 0 Å². The van der Waals surface area contributed by atoms with E-state index in [2.05, 4.69) is 4.98 Å². The highest BCUT2D eigenvalue weighted by Crippen LogP contribution is 2.32. The summed E-state index contributed by atoms with van der Waals surface area (Å²) in [5.41, 5.74) is 1.83. The molecule has 0 saturated heterocycles. The zero-order valence-corrected chi connectivity index (χ0v) is 15.7. The zero-order valence-electron chi connectivity index (χ0n) is 15.7. The van der Waals surface area contributed by atoms with E-state index in [1.165, 1.54) is 47.5 Å². The van der Waals surface area contributed by atoms with Crippen LogP contribution in [0.2, 0.25) is 0 Å². The maximum Gasteiger partial charge on any atom is 0.271 e. The fraction of sp³-hybridized carbons (Fsp3) is 0.0909. The van der Waals surface area contributed by atoms with Crippen molar-refractivity contribution < 1.29 is 18.8 Å². The van der Waals surface area contributed by atoms with Gasteiger partial charge in [0, 0.05) is 31.0 Å². The van der Waals surface area contributed by atoms with Crippen LogP contribution in [0.4, 0.5) is 15.8 Å². The lowest BCUT2D eigenvalue weighted by molar-refractivity contribution is -0.384. The molecule has 7 nitrogen and oxygen atoms in total. The molecule has 2 heterocycles. The van der Waals surface area contributed by atoms with E-state index in [1.54, 1.807) is 30.5 Å². The van der Waals surface area contributed by atoms with Crippen LogP contribution in [0.3, 0.4) is 0 Å². The molecule has 3 aromatic rings. The van der Waals surface area contributed by atoms with Crippen molar-refractivity contribution in [1.29, 1.82) is 0 Å². The average Bonchev–Trinajstić information content (AvgIpc) is 3.18. The molecule has 0 radical (unpaired) electrons. The van der Waals surface area contributed by atoms with Crippen LogP contribution in [0.5, 0.6) is 11.5 Å².